The predicted octanol–water partition coefficient (Wildman–Crippen LogP) is 0.0722. The van der Waals surface area contributed by atoms with Crippen LogP contribution in [0, 0.1) is 11.8 Å². The van der Waals surface area contributed by atoms with Crippen LogP contribution in [0.5, 0.6) is 0 Å². The van der Waals surface area contributed by atoms with E-state index < -0.39 is 11.4 Å². The highest BCUT2D eigenvalue weighted by Crippen LogP contribution is 2.28. The Labute approximate surface area is 135 Å². The van der Waals surface area contributed by atoms with Crippen molar-refractivity contribution in [2.45, 2.75) is 37.6 Å². The highest BCUT2D eigenvalue weighted by Gasteiger charge is 2.41. The molecule has 8 nitrogen and oxygen atoms in total. The number of nitrogens with one attached hydrogen (secondary N) is 2. The summed E-state index contributed by atoms with van der Waals surface area (Å²) in [5.74, 6) is 0.312. The lowest BCUT2D eigenvalue weighted by atomic mass is 9.81. The Morgan fingerprint density at radius 2 is 2.04 bits per heavy atom. The Balaban J connectivity index is 1.73. The second-order valence-corrected chi connectivity index (χ2v) is 6.58. The number of carbonyl (C=O) groups is 2. The molecule has 2 atom stereocenters. The van der Waals surface area contributed by atoms with Crippen molar-refractivity contribution in [2.24, 2.45) is 22.6 Å². The lowest BCUT2D eigenvalue weighted by molar-refractivity contribution is -0.127. The standard InChI is InChI=1S/C15H24N4O4/c16-13(21)5-15(8-23-9-15)19-14(22)18-7-12-3-1-2-11(4-12)6-17-10-20/h11-12H,1-9H2,(H2,16,21)(H2,18,19,22). The van der Waals surface area contributed by atoms with Gasteiger partial charge in [-0.1, -0.05) is 6.42 Å². The SMILES string of the molecule is NC(=O)CC1(NC(=O)NCC2CCCC(CN=C=O)C2)COC1. The Morgan fingerprint density at radius 1 is 1.30 bits per heavy atom. The molecule has 1 heterocycles. The van der Waals surface area contributed by atoms with E-state index >= 15 is 0 Å². The number of nitrogens with two attached hydrogens (primary N) is 1. The minimum absolute atomic E-state index is 0.0790. The number of rotatable bonds is 7. The quantitative estimate of drug-likeness (QED) is 0.453. The second-order valence-electron chi connectivity index (χ2n) is 6.58. The Bertz CT molecular complexity index is 486. The topological polar surface area (TPSA) is 123 Å². The van der Waals surface area contributed by atoms with Crippen molar-refractivity contribution in [2.75, 3.05) is 26.3 Å². The van der Waals surface area contributed by atoms with Gasteiger partial charge in [-0.05, 0) is 31.1 Å². The summed E-state index contributed by atoms with van der Waals surface area (Å²) in [6, 6.07) is -0.303. The smallest absolute Gasteiger partial charge is 0.315 e. The van der Waals surface area contributed by atoms with Crippen LogP contribution in [-0.2, 0) is 14.3 Å². The summed E-state index contributed by atoms with van der Waals surface area (Å²) in [5, 5.41) is 5.66. The average molecular weight is 324 g/mol. The van der Waals surface area contributed by atoms with Crippen LogP contribution in [-0.4, -0.2) is 49.9 Å². The number of hydrogen-bond donors (Lipinski definition) is 3. The minimum atomic E-state index is -0.663. The number of ether oxygens (including phenoxy) is 1. The fraction of sp³-hybridized carbons (Fsp3) is 0.800. The first kappa shape index (κ1) is 17.4. The summed E-state index contributed by atoms with van der Waals surface area (Å²) < 4.78 is 5.09. The van der Waals surface area contributed by atoms with Crippen molar-refractivity contribution in [1.29, 1.82) is 0 Å². The molecular formula is C15H24N4O4. The molecule has 0 aromatic rings. The summed E-state index contributed by atoms with van der Waals surface area (Å²) in [4.78, 5) is 36.9. The fourth-order valence-electron chi connectivity index (χ4n) is 3.34. The van der Waals surface area contributed by atoms with E-state index in [2.05, 4.69) is 15.6 Å². The molecule has 4 N–H and O–H groups in total. The molecule has 1 aliphatic carbocycles. The Hall–Kier alpha value is -1.92. The van der Waals surface area contributed by atoms with Crippen LogP contribution in [0.1, 0.15) is 32.1 Å². The summed E-state index contributed by atoms with van der Waals surface area (Å²) in [6.45, 7) is 1.70. The number of urea groups is 1. The van der Waals surface area contributed by atoms with E-state index in [1.165, 1.54) is 0 Å². The average Bonchev–Trinajstić information content (AvgIpc) is 2.48. The first-order valence-electron chi connectivity index (χ1n) is 7.99. The number of primary amides is 1. The predicted molar refractivity (Wildman–Crippen MR) is 82.3 cm³/mol. The van der Waals surface area contributed by atoms with Crippen LogP contribution >= 0.6 is 0 Å². The summed E-state index contributed by atoms with van der Waals surface area (Å²) in [6.07, 6.45) is 5.80. The van der Waals surface area contributed by atoms with Crippen LogP contribution < -0.4 is 16.4 Å². The summed E-state index contributed by atoms with van der Waals surface area (Å²) in [7, 11) is 0. The zero-order valence-electron chi connectivity index (χ0n) is 13.2. The maximum Gasteiger partial charge on any atom is 0.315 e. The number of aliphatic imine (C=N–C) groups is 1. The van der Waals surface area contributed by atoms with Crippen molar-refractivity contribution < 1.29 is 19.1 Å². The van der Waals surface area contributed by atoms with Gasteiger partial charge in [-0.15, -0.1) is 0 Å². The van der Waals surface area contributed by atoms with Crippen LogP contribution in [0.2, 0.25) is 0 Å². The minimum Gasteiger partial charge on any atom is -0.376 e. The van der Waals surface area contributed by atoms with E-state index in [1.807, 2.05) is 0 Å². The van der Waals surface area contributed by atoms with E-state index in [0.29, 0.717) is 38.1 Å². The van der Waals surface area contributed by atoms with Gasteiger partial charge in [0, 0.05) is 6.54 Å². The van der Waals surface area contributed by atoms with Gasteiger partial charge < -0.3 is 21.1 Å². The van der Waals surface area contributed by atoms with Gasteiger partial charge in [-0.2, -0.15) is 0 Å². The maximum atomic E-state index is 12.0. The van der Waals surface area contributed by atoms with Crippen molar-refractivity contribution in [3.8, 4) is 0 Å². The number of nitrogens with zero attached hydrogens (tertiary/aromatic N) is 1. The van der Waals surface area contributed by atoms with Crippen molar-refractivity contribution in [3.63, 3.8) is 0 Å². The van der Waals surface area contributed by atoms with Gasteiger partial charge in [0.05, 0.1) is 31.7 Å². The van der Waals surface area contributed by atoms with Gasteiger partial charge >= 0.3 is 6.03 Å². The molecule has 0 aromatic heterocycles. The number of hydrogen-bond acceptors (Lipinski definition) is 5. The molecule has 0 bridgehead atoms. The molecule has 3 amide bonds. The molecule has 23 heavy (non-hydrogen) atoms. The van der Waals surface area contributed by atoms with Crippen molar-refractivity contribution >= 4 is 18.0 Å². The van der Waals surface area contributed by atoms with Gasteiger partial charge in [-0.25, -0.2) is 14.6 Å². The van der Waals surface area contributed by atoms with Gasteiger partial charge in [-0.3, -0.25) is 4.79 Å². The zero-order valence-corrected chi connectivity index (χ0v) is 13.2. The van der Waals surface area contributed by atoms with E-state index in [1.54, 1.807) is 6.08 Å². The van der Waals surface area contributed by atoms with E-state index in [-0.39, 0.29) is 12.5 Å². The Kier molecular flexibility index (Phi) is 6.12. The summed E-state index contributed by atoms with van der Waals surface area (Å²) >= 11 is 0. The molecule has 2 rings (SSSR count). The lowest BCUT2D eigenvalue weighted by Gasteiger charge is -2.41. The third-order valence-corrected chi connectivity index (χ3v) is 4.50. The van der Waals surface area contributed by atoms with E-state index in [0.717, 1.165) is 25.7 Å². The molecule has 2 aliphatic rings. The third kappa shape index (κ3) is 5.33. The summed E-state index contributed by atoms with van der Waals surface area (Å²) in [5.41, 5.74) is 4.54. The van der Waals surface area contributed by atoms with Crippen molar-refractivity contribution in [3.05, 3.63) is 0 Å². The number of isocyanates is 1. The zero-order chi connectivity index (χ0) is 16.7. The van der Waals surface area contributed by atoms with E-state index in [4.69, 9.17) is 10.5 Å². The van der Waals surface area contributed by atoms with Gasteiger partial charge in [0.2, 0.25) is 12.0 Å². The lowest BCUT2D eigenvalue weighted by Crippen LogP contribution is -2.65. The normalized spacial score (nSPS) is 25.6. The van der Waals surface area contributed by atoms with Crippen LogP contribution in [0.4, 0.5) is 4.79 Å². The largest absolute Gasteiger partial charge is 0.376 e. The molecule has 2 unspecified atom stereocenters. The second kappa shape index (κ2) is 8.08. The van der Waals surface area contributed by atoms with Crippen LogP contribution in [0.15, 0.2) is 4.99 Å². The van der Waals surface area contributed by atoms with Crippen molar-refractivity contribution in [1.82, 2.24) is 10.6 Å². The highest BCUT2D eigenvalue weighted by atomic mass is 16.5. The van der Waals surface area contributed by atoms with Gasteiger partial charge in [0.1, 0.15) is 0 Å². The van der Waals surface area contributed by atoms with Crippen LogP contribution in [0.25, 0.3) is 0 Å². The molecule has 0 radical (unpaired) electrons. The Morgan fingerprint density at radius 3 is 2.65 bits per heavy atom. The molecule has 8 heteroatoms. The van der Waals surface area contributed by atoms with Gasteiger partial charge in [0.15, 0.2) is 0 Å². The number of carbonyl (C=O) groups excluding carboxylic acids is 3. The molecule has 0 aromatic carbocycles. The monoisotopic (exact) mass is 324 g/mol. The highest BCUT2D eigenvalue weighted by molar-refractivity contribution is 5.79. The molecule has 2 fully saturated rings. The van der Waals surface area contributed by atoms with Gasteiger partial charge in [0.25, 0.3) is 0 Å². The number of amides is 3. The molecule has 1 saturated carbocycles. The molecule has 1 saturated heterocycles. The van der Waals surface area contributed by atoms with Crippen LogP contribution in [0.3, 0.4) is 0 Å². The molecule has 0 spiro atoms. The first-order chi connectivity index (χ1) is 11.0. The maximum absolute atomic E-state index is 12.0. The first-order valence-corrected chi connectivity index (χ1v) is 7.99. The molecule has 128 valence electrons. The molecular weight excluding hydrogens is 300 g/mol. The van der Waals surface area contributed by atoms with E-state index in [9.17, 15) is 14.4 Å². The third-order valence-electron chi connectivity index (χ3n) is 4.50. The fourth-order valence-corrected chi connectivity index (χ4v) is 3.34. The molecule has 1 aliphatic heterocycles.